The number of nitrogens with zero attached hydrogens (tertiary/aromatic N) is 2. The topological polar surface area (TPSA) is 27.6 Å². The van der Waals surface area contributed by atoms with Gasteiger partial charge in [-0.15, -0.1) is 0 Å². The van der Waals surface area contributed by atoms with Gasteiger partial charge in [-0.3, -0.25) is 9.89 Å². The zero-order valence-corrected chi connectivity index (χ0v) is 9.98. The molecule has 0 spiro atoms. The molecule has 0 aliphatic carbocycles. The van der Waals surface area contributed by atoms with Crippen molar-refractivity contribution >= 4 is 17.6 Å². The lowest BCUT2D eigenvalue weighted by molar-refractivity contribution is 0.377. The van der Waals surface area contributed by atoms with E-state index in [0.29, 0.717) is 6.04 Å². The largest absolute Gasteiger partial charge is 0.386 e. The summed E-state index contributed by atoms with van der Waals surface area (Å²) in [4.78, 5) is 6.93. The maximum atomic E-state index is 4.58. The molecule has 1 aliphatic heterocycles. The maximum absolute atomic E-state index is 4.58. The smallest absolute Gasteiger partial charge is 0.0857 e. The molecule has 1 saturated heterocycles. The Balaban J connectivity index is 2.10. The molecular formula is C13H19N3. The highest BCUT2D eigenvalue weighted by molar-refractivity contribution is 5.75. The van der Waals surface area contributed by atoms with Crippen molar-refractivity contribution in [3.63, 3.8) is 0 Å². The van der Waals surface area contributed by atoms with Crippen LogP contribution >= 0.6 is 0 Å². The zero-order chi connectivity index (χ0) is 11.4. The number of rotatable bonds is 3. The van der Waals surface area contributed by atoms with Crippen LogP contribution in [0.1, 0.15) is 12.8 Å². The van der Waals surface area contributed by atoms with Gasteiger partial charge in [-0.05, 0) is 38.6 Å². The van der Waals surface area contributed by atoms with E-state index in [1.54, 1.807) is 0 Å². The minimum absolute atomic E-state index is 0.505. The van der Waals surface area contributed by atoms with Crippen LogP contribution in [0.2, 0.25) is 0 Å². The van der Waals surface area contributed by atoms with Crippen LogP contribution in [0.4, 0.5) is 11.4 Å². The standard InChI is InChI=1S/C13H19N3/c1-14-12-7-3-4-8-13(12)15-10-11-6-5-9-16(11)2/h3-4,7-8,10-11,14H,5-6,9H2,1-2H3. The fourth-order valence-corrected chi connectivity index (χ4v) is 2.09. The molecular weight excluding hydrogens is 198 g/mol. The Bertz CT molecular complexity index is 373. The summed E-state index contributed by atoms with van der Waals surface area (Å²) in [5.74, 6) is 0. The van der Waals surface area contributed by atoms with E-state index in [0.717, 1.165) is 11.4 Å². The van der Waals surface area contributed by atoms with Crippen molar-refractivity contribution in [1.29, 1.82) is 0 Å². The maximum Gasteiger partial charge on any atom is 0.0857 e. The van der Waals surface area contributed by atoms with E-state index in [-0.39, 0.29) is 0 Å². The van der Waals surface area contributed by atoms with E-state index in [2.05, 4.69) is 28.5 Å². The van der Waals surface area contributed by atoms with Gasteiger partial charge in [0.15, 0.2) is 0 Å². The van der Waals surface area contributed by atoms with Gasteiger partial charge in [0.05, 0.1) is 11.4 Å². The van der Waals surface area contributed by atoms with Crippen molar-refractivity contribution in [2.24, 2.45) is 4.99 Å². The molecule has 3 nitrogen and oxygen atoms in total. The van der Waals surface area contributed by atoms with Crippen LogP contribution in [0.5, 0.6) is 0 Å². The van der Waals surface area contributed by atoms with Crippen LogP contribution in [-0.2, 0) is 0 Å². The molecule has 0 saturated carbocycles. The van der Waals surface area contributed by atoms with Crippen LogP contribution < -0.4 is 5.32 Å². The van der Waals surface area contributed by atoms with Gasteiger partial charge in [0, 0.05) is 19.3 Å². The summed E-state index contributed by atoms with van der Waals surface area (Å²) in [6.45, 7) is 1.18. The summed E-state index contributed by atoms with van der Waals surface area (Å²) in [5, 5.41) is 3.15. The number of para-hydroxylation sites is 2. The molecule has 1 N–H and O–H groups in total. The number of aliphatic imine (C=N–C) groups is 1. The van der Waals surface area contributed by atoms with E-state index in [1.165, 1.54) is 19.4 Å². The Hall–Kier alpha value is -1.35. The van der Waals surface area contributed by atoms with Crippen LogP contribution in [-0.4, -0.2) is 37.8 Å². The molecule has 16 heavy (non-hydrogen) atoms. The molecule has 1 aromatic rings. The monoisotopic (exact) mass is 217 g/mol. The lowest BCUT2D eigenvalue weighted by Crippen LogP contribution is -2.25. The molecule has 86 valence electrons. The van der Waals surface area contributed by atoms with Gasteiger partial charge in [-0.2, -0.15) is 0 Å². The van der Waals surface area contributed by atoms with Gasteiger partial charge in [-0.1, -0.05) is 12.1 Å². The fraction of sp³-hybridized carbons (Fsp3) is 0.462. The van der Waals surface area contributed by atoms with Crippen molar-refractivity contribution in [3.05, 3.63) is 24.3 Å². The Morgan fingerprint density at radius 3 is 2.94 bits per heavy atom. The summed E-state index contributed by atoms with van der Waals surface area (Å²) < 4.78 is 0. The van der Waals surface area contributed by atoms with Crippen LogP contribution in [0.3, 0.4) is 0 Å². The van der Waals surface area contributed by atoms with Gasteiger partial charge in [0.25, 0.3) is 0 Å². The number of likely N-dealkylation sites (tertiary alicyclic amines) is 1. The average molecular weight is 217 g/mol. The molecule has 0 amide bonds. The third-order valence-corrected chi connectivity index (χ3v) is 3.14. The van der Waals surface area contributed by atoms with Crippen molar-refractivity contribution in [2.75, 3.05) is 26.0 Å². The second-order valence-corrected chi connectivity index (χ2v) is 4.24. The predicted octanol–water partition coefficient (Wildman–Crippen LogP) is 2.52. The minimum atomic E-state index is 0.505. The average Bonchev–Trinajstić information content (AvgIpc) is 2.72. The number of hydrogen-bond acceptors (Lipinski definition) is 3. The van der Waals surface area contributed by atoms with Crippen LogP contribution in [0.15, 0.2) is 29.3 Å². The number of nitrogens with one attached hydrogen (secondary N) is 1. The summed E-state index contributed by atoms with van der Waals surface area (Å²) in [6.07, 6.45) is 4.58. The molecule has 2 rings (SSSR count). The second-order valence-electron chi connectivity index (χ2n) is 4.24. The molecule has 1 aromatic carbocycles. The second kappa shape index (κ2) is 5.12. The normalized spacial score (nSPS) is 21.8. The summed E-state index contributed by atoms with van der Waals surface area (Å²) in [6, 6.07) is 8.63. The number of anilines is 1. The first-order chi connectivity index (χ1) is 7.81. The van der Waals surface area contributed by atoms with Gasteiger partial charge in [-0.25, -0.2) is 0 Å². The van der Waals surface area contributed by atoms with Crippen molar-refractivity contribution in [3.8, 4) is 0 Å². The van der Waals surface area contributed by atoms with E-state index in [4.69, 9.17) is 0 Å². The highest BCUT2D eigenvalue weighted by Gasteiger charge is 2.18. The first-order valence-corrected chi connectivity index (χ1v) is 5.82. The molecule has 0 bridgehead atoms. The van der Waals surface area contributed by atoms with Crippen LogP contribution in [0, 0.1) is 0 Å². The van der Waals surface area contributed by atoms with E-state index < -0.39 is 0 Å². The zero-order valence-electron chi connectivity index (χ0n) is 9.98. The van der Waals surface area contributed by atoms with Gasteiger partial charge in [0.1, 0.15) is 0 Å². The Kier molecular flexibility index (Phi) is 3.57. The van der Waals surface area contributed by atoms with Crippen molar-refractivity contribution < 1.29 is 0 Å². The van der Waals surface area contributed by atoms with E-state index >= 15 is 0 Å². The Morgan fingerprint density at radius 2 is 2.25 bits per heavy atom. The Morgan fingerprint density at radius 1 is 1.44 bits per heavy atom. The highest BCUT2D eigenvalue weighted by atomic mass is 15.1. The van der Waals surface area contributed by atoms with Crippen molar-refractivity contribution in [2.45, 2.75) is 18.9 Å². The summed E-state index contributed by atoms with van der Waals surface area (Å²) in [5.41, 5.74) is 2.10. The lowest BCUT2D eigenvalue weighted by Gasteiger charge is -2.14. The quantitative estimate of drug-likeness (QED) is 0.788. The molecule has 1 unspecified atom stereocenters. The highest BCUT2D eigenvalue weighted by Crippen LogP contribution is 2.24. The molecule has 1 heterocycles. The molecule has 0 aromatic heterocycles. The number of hydrogen-bond donors (Lipinski definition) is 1. The summed E-state index contributed by atoms with van der Waals surface area (Å²) >= 11 is 0. The lowest BCUT2D eigenvalue weighted by atomic mass is 10.2. The molecule has 0 radical (unpaired) electrons. The third kappa shape index (κ3) is 2.42. The molecule has 1 aliphatic rings. The minimum Gasteiger partial charge on any atom is -0.386 e. The first-order valence-electron chi connectivity index (χ1n) is 5.82. The van der Waals surface area contributed by atoms with E-state index in [9.17, 15) is 0 Å². The van der Waals surface area contributed by atoms with Crippen molar-refractivity contribution in [1.82, 2.24) is 4.90 Å². The first kappa shape index (κ1) is 11.1. The van der Waals surface area contributed by atoms with Gasteiger partial charge >= 0.3 is 0 Å². The number of benzene rings is 1. The van der Waals surface area contributed by atoms with Crippen LogP contribution in [0.25, 0.3) is 0 Å². The van der Waals surface area contributed by atoms with E-state index in [1.807, 2.05) is 31.3 Å². The fourth-order valence-electron chi connectivity index (χ4n) is 2.09. The Labute approximate surface area is 97.2 Å². The SMILES string of the molecule is CNc1ccccc1N=CC1CCCN1C. The van der Waals surface area contributed by atoms with Gasteiger partial charge < -0.3 is 5.32 Å². The predicted molar refractivity (Wildman–Crippen MR) is 69.8 cm³/mol. The molecule has 1 atom stereocenters. The molecule has 1 fully saturated rings. The third-order valence-electron chi connectivity index (χ3n) is 3.14. The molecule has 3 heteroatoms. The summed E-state index contributed by atoms with van der Waals surface area (Å²) in [7, 11) is 4.09. The van der Waals surface area contributed by atoms with Gasteiger partial charge in [0.2, 0.25) is 0 Å².